The second kappa shape index (κ2) is 11.1. The van der Waals surface area contributed by atoms with Crippen LogP contribution in [0.2, 0.25) is 0 Å². The third kappa shape index (κ3) is 5.47. The lowest BCUT2D eigenvalue weighted by Crippen LogP contribution is -2.04. The Labute approximate surface area is 229 Å². The van der Waals surface area contributed by atoms with Crippen LogP contribution in [0.5, 0.6) is 5.75 Å². The Morgan fingerprint density at radius 3 is 2.35 bits per heavy atom. The normalized spacial score (nSPS) is 11.3. The number of benzene rings is 3. The van der Waals surface area contributed by atoms with Crippen molar-refractivity contribution in [2.24, 2.45) is 0 Å². The minimum atomic E-state index is -0.961. The maximum atomic E-state index is 14.2. The molecule has 0 bridgehead atoms. The predicted molar refractivity (Wildman–Crippen MR) is 147 cm³/mol. The summed E-state index contributed by atoms with van der Waals surface area (Å²) < 4.78 is 51.9. The summed E-state index contributed by atoms with van der Waals surface area (Å²) in [6.07, 6.45) is 8.51. The molecule has 2 aliphatic heterocycles. The van der Waals surface area contributed by atoms with E-state index >= 15 is 0 Å². The van der Waals surface area contributed by atoms with Crippen molar-refractivity contribution < 1.29 is 17.9 Å². The van der Waals surface area contributed by atoms with Crippen molar-refractivity contribution in [3.8, 4) is 39.7 Å². The summed E-state index contributed by atoms with van der Waals surface area (Å²) in [5.74, 6) is -1.57. The molecule has 8 heteroatoms. The Bertz CT molecular complexity index is 1710. The molecule has 0 aliphatic carbocycles. The van der Waals surface area contributed by atoms with Gasteiger partial charge in [0.15, 0.2) is 17.5 Å². The van der Waals surface area contributed by atoms with Gasteiger partial charge in [0.1, 0.15) is 17.3 Å². The van der Waals surface area contributed by atoms with Crippen LogP contribution in [-0.2, 0) is 13.1 Å². The highest BCUT2D eigenvalue weighted by molar-refractivity contribution is 5.71. The van der Waals surface area contributed by atoms with Gasteiger partial charge in [0.25, 0.3) is 0 Å². The van der Waals surface area contributed by atoms with Crippen LogP contribution in [-0.4, -0.2) is 25.7 Å². The number of nitrogens with zero attached hydrogens (tertiary/aromatic N) is 4. The second-order valence-electron chi connectivity index (χ2n) is 9.50. The molecule has 6 rings (SSSR count). The van der Waals surface area contributed by atoms with Crippen LogP contribution in [0.1, 0.15) is 12.0 Å². The first-order chi connectivity index (χ1) is 19.5. The molecule has 0 amide bonds. The smallest absolute Gasteiger partial charge is 0.169 e. The maximum Gasteiger partial charge on any atom is 0.169 e. The monoisotopic (exact) mass is 538 g/mol. The highest BCUT2D eigenvalue weighted by Crippen LogP contribution is 2.32. The van der Waals surface area contributed by atoms with Crippen LogP contribution in [0.3, 0.4) is 0 Å². The minimum absolute atomic E-state index is 0.0309. The van der Waals surface area contributed by atoms with Gasteiger partial charge < -0.3 is 13.9 Å². The van der Waals surface area contributed by atoms with Crippen LogP contribution in [0.25, 0.3) is 33.9 Å². The maximum absolute atomic E-state index is 14.2. The Kier molecular flexibility index (Phi) is 7.06. The lowest BCUT2D eigenvalue weighted by molar-refractivity contribution is 0.301. The van der Waals surface area contributed by atoms with Crippen molar-refractivity contribution in [2.75, 3.05) is 6.61 Å². The summed E-state index contributed by atoms with van der Waals surface area (Å²) in [5, 5.41) is 0. The summed E-state index contributed by atoms with van der Waals surface area (Å²) in [4.78, 5) is 8.78. The van der Waals surface area contributed by atoms with Gasteiger partial charge in [0, 0.05) is 49.5 Å². The highest BCUT2D eigenvalue weighted by atomic mass is 19.2. The summed E-state index contributed by atoms with van der Waals surface area (Å²) in [6, 6.07) is 22.3. The zero-order chi connectivity index (χ0) is 27.5. The zero-order valence-corrected chi connectivity index (χ0v) is 21.5. The van der Waals surface area contributed by atoms with Crippen molar-refractivity contribution in [3.05, 3.63) is 127 Å². The van der Waals surface area contributed by atoms with Gasteiger partial charge in [-0.2, -0.15) is 0 Å². The third-order valence-electron chi connectivity index (χ3n) is 6.68. The van der Waals surface area contributed by atoms with Gasteiger partial charge in [-0.05, 0) is 60.0 Å². The van der Waals surface area contributed by atoms with E-state index in [0.717, 1.165) is 35.7 Å². The van der Waals surface area contributed by atoms with E-state index in [9.17, 15) is 13.2 Å². The molecule has 40 heavy (non-hydrogen) atoms. The number of pyridine rings is 1. The lowest BCUT2D eigenvalue weighted by atomic mass is 10.0. The molecule has 1 aromatic heterocycles. The van der Waals surface area contributed by atoms with Crippen LogP contribution >= 0.6 is 0 Å². The lowest BCUT2D eigenvalue weighted by Gasteiger charge is -2.13. The molecule has 4 aromatic rings. The Balaban J connectivity index is 1.16. The molecule has 0 radical (unpaired) electrons. The fraction of sp³-hybridized carbons (Fsp3) is 0.125. The van der Waals surface area contributed by atoms with Crippen LogP contribution < -0.4 is 4.74 Å². The standard InChI is InChI=1S/C32H25F3N4O/c33-24-11-12-25(30(19-24)40-18-4-16-38-14-1-2-15-38)23-9-7-22(8-10-23)20-39-17-13-28-29(21-39)37-32(36-28)26-5-3-6-27(34)31(26)35/h1-3,5-15,17,19,21H,4,16,18,20H2. The number of hydrogen-bond acceptors (Lipinski definition) is 3. The van der Waals surface area contributed by atoms with E-state index in [0.29, 0.717) is 30.3 Å². The zero-order valence-electron chi connectivity index (χ0n) is 21.5. The predicted octanol–water partition coefficient (Wildman–Crippen LogP) is 7.45. The number of halogens is 3. The largest absolute Gasteiger partial charge is 0.493 e. The summed E-state index contributed by atoms with van der Waals surface area (Å²) >= 11 is 0. The van der Waals surface area contributed by atoms with E-state index in [4.69, 9.17) is 4.74 Å². The Morgan fingerprint density at radius 2 is 1.52 bits per heavy atom. The van der Waals surface area contributed by atoms with Gasteiger partial charge >= 0.3 is 0 Å². The Morgan fingerprint density at radius 1 is 0.725 bits per heavy atom. The van der Waals surface area contributed by atoms with Crippen molar-refractivity contribution in [1.29, 1.82) is 0 Å². The summed E-state index contributed by atoms with van der Waals surface area (Å²) in [7, 11) is 0. The van der Waals surface area contributed by atoms with Crippen LogP contribution in [0.4, 0.5) is 13.2 Å². The van der Waals surface area contributed by atoms with Crippen LogP contribution in [0, 0.1) is 17.5 Å². The topological polar surface area (TPSA) is 44.9 Å². The first kappa shape index (κ1) is 25.4. The molecule has 0 fully saturated rings. The number of hydrogen-bond donors (Lipinski definition) is 0. The first-order valence-corrected chi connectivity index (χ1v) is 12.9. The molecule has 0 saturated carbocycles. The number of rotatable bonds is 9. The molecular weight excluding hydrogens is 513 g/mol. The Hall–Kier alpha value is -4.85. The molecule has 0 unspecified atom stereocenters. The fourth-order valence-corrected chi connectivity index (χ4v) is 4.65. The van der Waals surface area contributed by atoms with E-state index in [1.165, 1.54) is 24.3 Å². The van der Waals surface area contributed by atoms with E-state index in [1.807, 2.05) is 65.8 Å². The van der Waals surface area contributed by atoms with Gasteiger partial charge in [-0.3, -0.25) is 0 Å². The van der Waals surface area contributed by atoms with Gasteiger partial charge in [-0.25, -0.2) is 23.1 Å². The molecule has 5 nitrogen and oxygen atoms in total. The molecule has 0 spiro atoms. The number of imidazole rings is 1. The molecule has 0 N–H and O–H groups in total. The molecule has 2 aliphatic rings. The summed E-state index contributed by atoms with van der Waals surface area (Å²) in [5.41, 5.74) is 4.01. The van der Waals surface area contributed by atoms with Crippen molar-refractivity contribution in [3.63, 3.8) is 0 Å². The highest BCUT2D eigenvalue weighted by Gasteiger charge is 2.17. The second-order valence-corrected chi connectivity index (χ2v) is 9.50. The fourth-order valence-electron chi connectivity index (χ4n) is 4.65. The van der Waals surface area contributed by atoms with Crippen LogP contribution in [0.15, 0.2) is 104 Å². The molecule has 3 heterocycles. The van der Waals surface area contributed by atoms with E-state index < -0.39 is 11.6 Å². The quantitative estimate of drug-likeness (QED) is 0.180. The molecule has 200 valence electrons. The van der Waals surface area contributed by atoms with E-state index in [1.54, 1.807) is 12.1 Å². The molecular formula is C32H25F3N4O. The number of ether oxygens (including phenoxy) is 1. The van der Waals surface area contributed by atoms with Crippen molar-refractivity contribution in [1.82, 2.24) is 19.1 Å². The van der Waals surface area contributed by atoms with Gasteiger partial charge in [0.05, 0.1) is 17.9 Å². The average Bonchev–Trinajstić information content (AvgIpc) is 3.63. The molecule has 0 saturated heterocycles. The van der Waals surface area contributed by atoms with Gasteiger partial charge in [-0.15, -0.1) is 0 Å². The van der Waals surface area contributed by atoms with E-state index in [2.05, 4.69) is 14.5 Å². The minimum Gasteiger partial charge on any atom is -0.493 e. The van der Waals surface area contributed by atoms with E-state index in [-0.39, 0.29) is 17.2 Å². The summed E-state index contributed by atoms with van der Waals surface area (Å²) in [6.45, 7) is 1.87. The van der Waals surface area contributed by atoms with Gasteiger partial charge in [0.2, 0.25) is 0 Å². The number of fused-ring (bicyclic) bond motifs is 1. The van der Waals surface area contributed by atoms with Crippen molar-refractivity contribution >= 4 is 0 Å². The number of aromatic nitrogens is 4. The van der Waals surface area contributed by atoms with Crippen molar-refractivity contribution in [2.45, 2.75) is 19.5 Å². The molecule has 3 aromatic carbocycles. The molecule has 0 atom stereocenters. The van der Waals surface area contributed by atoms with Gasteiger partial charge in [-0.1, -0.05) is 30.3 Å². The first-order valence-electron chi connectivity index (χ1n) is 12.9. The average molecular weight is 539 g/mol. The number of aryl methyl sites for hydroxylation is 1. The third-order valence-corrected chi connectivity index (χ3v) is 6.68. The SMILES string of the molecule is Fc1ccc(-c2ccc(Cn3ccc4nc(-c5cccc(F)c5F)nc-4c3)cc2)c(OCCCn2cccc2)c1.